The molecule has 1 saturated heterocycles. The van der Waals surface area contributed by atoms with Gasteiger partial charge in [-0.05, 0) is 60.9 Å². The van der Waals surface area contributed by atoms with Crippen LogP contribution in [-0.2, 0) is 16.1 Å². The summed E-state index contributed by atoms with van der Waals surface area (Å²) >= 11 is 0. The molecule has 2 aliphatic heterocycles. The Morgan fingerprint density at radius 3 is 2.74 bits per heavy atom. The second-order valence-electron chi connectivity index (χ2n) is 9.89. The van der Waals surface area contributed by atoms with Crippen LogP contribution in [-0.4, -0.2) is 35.6 Å². The molecule has 180 valence electrons. The van der Waals surface area contributed by atoms with Gasteiger partial charge in [0.15, 0.2) is 12.0 Å². The lowest BCUT2D eigenvalue weighted by Gasteiger charge is -2.39. The summed E-state index contributed by atoms with van der Waals surface area (Å²) in [5.74, 6) is 1.91. The Morgan fingerprint density at radius 1 is 1.29 bits per heavy atom. The lowest BCUT2D eigenvalue weighted by atomic mass is 9.66. The van der Waals surface area contributed by atoms with Crippen LogP contribution in [0.3, 0.4) is 0 Å². The fourth-order valence-corrected chi connectivity index (χ4v) is 6.32. The minimum absolute atomic E-state index is 0.0754. The van der Waals surface area contributed by atoms with Crippen molar-refractivity contribution in [2.45, 2.75) is 70.4 Å². The number of hydrogen-bond donors (Lipinski definition) is 0. The first-order valence-corrected chi connectivity index (χ1v) is 12.3. The van der Waals surface area contributed by atoms with Gasteiger partial charge in [0.05, 0.1) is 31.0 Å². The van der Waals surface area contributed by atoms with Gasteiger partial charge in [0, 0.05) is 6.42 Å². The number of benzene rings is 1. The average Bonchev–Trinajstić information content (AvgIpc) is 3.51. The fourth-order valence-electron chi connectivity index (χ4n) is 6.32. The Morgan fingerprint density at radius 2 is 2.09 bits per heavy atom. The van der Waals surface area contributed by atoms with Gasteiger partial charge in [0.2, 0.25) is 5.91 Å². The van der Waals surface area contributed by atoms with Gasteiger partial charge >= 0.3 is 0 Å². The zero-order valence-corrected chi connectivity index (χ0v) is 20.3. The smallest absolute Gasteiger partial charge is 0.232 e. The minimum Gasteiger partial charge on any atom is -0.497 e. The second-order valence-corrected chi connectivity index (χ2v) is 9.89. The highest BCUT2D eigenvalue weighted by molar-refractivity contribution is 6.02. The van der Waals surface area contributed by atoms with Crippen LogP contribution in [0.25, 0.3) is 0 Å². The molecule has 2 fully saturated rings. The Labute approximate surface area is 201 Å². The van der Waals surface area contributed by atoms with Crippen LogP contribution in [0.15, 0.2) is 64.7 Å². The van der Waals surface area contributed by atoms with Gasteiger partial charge in [-0.3, -0.25) is 9.79 Å². The van der Waals surface area contributed by atoms with Gasteiger partial charge < -0.3 is 18.8 Å². The molecule has 2 bridgehead atoms. The quantitative estimate of drug-likeness (QED) is 0.472. The third-order valence-electron chi connectivity index (χ3n) is 8.11. The molecule has 1 aliphatic carbocycles. The Kier molecular flexibility index (Phi) is 5.88. The average molecular weight is 463 g/mol. The Balaban J connectivity index is 1.63. The number of carbonyl (C=O) groups excluding carboxylic acids is 1. The molecule has 0 unspecified atom stereocenters. The third kappa shape index (κ3) is 3.42. The van der Waals surface area contributed by atoms with E-state index in [-0.39, 0.29) is 24.0 Å². The molecule has 1 saturated carbocycles. The SMILES string of the molecule is C=CC[C@]12C[C@@]3(O[C@H](CCC)N=C3C[C@H](c3ccc(OC)cc3)[C@H]1C)N(Cc1ccco1)C2=O. The van der Waals surface area contributed by atoms with Gasteiger partial charge in [0.25, 0.3) is 0 Å². The first-order valence-electron chi connectivity index (χ1n) is 12.3. The molecule has 6 heteroatoms. The molecule has 3 heterocycles. The summed E-state index contributed by atoms with van der Waals surface area (Å²) in [6.07, 6.45) is 7.09. The number of amides is 1. The summed E-state index contributed by atoms with van der Waals surface area (Å²) in [4.78, 5) is 21.4. The van der Waals surface area contributed by atoms with Crippen molar-refractivity contribution in [1.29, 1.82) is 0 Å². The summed E-state index contributed by atoms with van der Waals surface area (Å²) in [5, 5.41) is 0. The van der Waals surface area contributed by atoms with Crippen molar-refractivity contribution in [3.05, 3.63) is 66.6 Å². The Hall–Kier alpha value is -2.86. The number of furan rings is 1. The fraction of sp³-hybridized carbons (Fsp3) is 0.500. The summed E-state index contributed by atoms with van der Waals surface area (Å²) in [6, 6.07) is 12.0. The minimum atomic E-state index is -0.831. The first-order chi connectivity index (χ1) is 16.5. The molecule has 1 amide bonds. The largest absolute Gasteiger partial charge is 0.497 e. The van der Waals surface area contributed by atoms with E-state index in [1.807, 2.05) is 35.2 Å². The number of fused-ring (bicyclic) bond motifs is 1. The molecule has 1 aromatic heterocycles. The number of likely N-dealkylation sites (tertiary alicyclic amines) is 1. The molecule has 0 N–H and O–H groups in total. The highest BCUT2D eigenvalue weighted by Crippen LogP contribution is 2.60. The number of nitrogens with zero attached hydrogens (tertiary/aromatic N) is 2. The van der Waals surface area contributed by atoms with Crippen molar-refractivity contribution < 1.29 is 18.7 Å². The zero-order chi connectivity index (χ0) is 23.9. The molecule has 0 radical (unpaired) electrons. The van der Waals surface area contributed by atoms with Gasteiger partial charge in [-0.1, -0.05) is 38.5 Å². The van der Waals surface area contributed by atoms with Gasteiger partial charge in [0.1, 0.15) is 11.5 Å². The van der Waals surface area contributed by atoms with Gasteiger partial charge in [-0.25, -0.2) is 0 Å². The monoisotopic (exact) mass is 462 g/mol. The second kappa shape index (κ2) is 8.73. The van der Waals surface area contributed by atoms with Crippen LogP contribution in [0.5, 0.6) is 5.75 Å². The standard InChI is InChI=1S/C28H34N2O4/c1-5-8-25-29-24-16-23(20-10-12-21(32-4)13-11-20)19(3)27(14-6-2)18-28(24,34-25)30(26(27)31)17-22-9-7-15-33-22/h6-7,9-13,15,19,23,25H,2,5,8,14,16-18H2,1,3-4H3/t19-,23+,25-,27+,28+/m1/s1. The van der Waals surface area contributed by atoms with Crippen LogP contribution in [0.2, 0.25) is 0 Å². The highest BCUT2D eigenvalue weighted by Gasteiger charge is 2.68. The van der Waals surface area contributed by atoms with E-state index in [0.29, 0.717) is 19.4 Å². The van der Waals surface area contributed by atoms with Crippen LogP contribution in [0, 0.1) is 11.3 Å². The van der Waals surface area contributed by atoms with Crippen LogP contribution >= 0.6 is 0 Å². The maximum absolute atomic E-state index is 14.3. The lowest BCUT2D eigenvalue weighted by molar-refractivity contribution is -0.153. The lowest BCUT2D eigenvalue weighted by Crippen LogP contribution is -2.52. The van der Waals surface area contributed by atoms with E-state index in [1.54, 1.807) is 13.4 Å². The van der Waals surface area contributed by atoms with Crippen molar-refractivity contribution in [3.8, 4) is 5.75 Å². The van der Waals surface area contributed by atoms with Gasteiger partial charge in [-0.2, -0.15) is 0 Å². The number of ether oxygens (including phenoxy) is 2. The number of aliphatic imine (C=N–C) groups is 1. The van der Waals surface area contributed by atoms with Crippen molar-refractivity contribution in [2.75, 3.05) is 7.11 Å². The maximum atomic E-state index is 14.3. The zero-order valence-electron chi connectivity index (χ0n) is 20.3. The number of hydrogen-bond acceptors (Lipinski definition) is 5. The van der Waals surface area contributed by atoms with E-state index in [2.05, 4.69) is 32.6 Å². The van der Waals surface area contributed by atoms with Crippen molar-refractivity contribution >= 4 is 11.6 Å². The van der Waals surface area contributed by atoms with E-state index < -0.39 is 11.1 Å². The van der Waals surface area contributed by atoms with E-state index in [1.165, 1.54) is 5.56 Å². The van der Waals surface area contributed by atoms with E-state index in [0.717, 1.165) is 36.5 Å². The summed E-state index contributed by atoms with van der Waals surface area (Å²) in [7, 11) is 1.68. The molecule has 6 nitrogen and oxygen atoms in total. The predicted molar refractivity (Wildman–Crippen MR) is 131 cm³/mol. The predicted octanol–water partition coefficient (Wildman–Crippen LogP) is 5.70. The normalized spacial score (nSPS) is 32.3. The van der Waals surface area contributed by atoms with Gasteiger partial charge in [-0.15, -0.1) is 6.58 Å². The molecular weight excluding hydrogens is 428 g/mol. The summed E-state index contributed by atoms with van der Waals surface area (Å²) in [5.41, 5.74) is 0.743. The molecule has 5 atom stereocenters. The Bertz CT molecular complexity index is 1080. The molecule has 1 aromatic carbocycles. The van der Waals surface area contributed by atoms with E-state index >= 15 is 0 Å². The number of rotatable bonds is 8. The maximum Gasteiger partial charge on any atom is 0.232 e. The van der Waals surface area contributed by atoms with Crippen molar-refractivity contribution in [3.63, 3.8) is 0 Å². The van der Waals surface area contributed by atoms with Crippen molar-refractivity contribution in [2.24, 2.45) is 16.3 Å². The first kappa shape index (κ1) is 22.9. The van der Waals surface area contributed by atoms with Crippen molar-refractivity contribution in [1.82, 2.24) is 4.90 Å². The van der Waals surface area contributed by atoms with Crippen LogP contribution in [0.1, 0.15) is 63.2 Å². The molecule has 5 rings (SSSR count). The number of allylic oxidation sites excluding steroid dienone is 1. The summed E-state index contributed by atoms with van der Waals surface area (Å²) < 4.78 is 17.8. The molecule has 34 heavy (non-hydrogen) atoms. The van der Waals surface area contributed by atoms with Crippen LogP contribution < -0.4 is 4.74 Å². The highest BCUT2D eigenvalue weighted by atomic mass is 16.6. The molecule has 2 aromatic rings. The van der Waals surface area contributed by atoms with Crippen LogP contribution in [0.4, 0.5) is 0 Å². The molecular formula is C28H34N2O4. The van der Waals surface area contributed by atoms with E-state index in [4.69, 9.17) is 18.9 Å². The third-order valence-corrected chi connectivity index (χ3v) is 8.11. The topological polar surface area (TPSA) is 64.3 Å². The molecule has 3 aliphatic rings. The van der Waals surface area contributed by atoms with E-state index in [9.17, 15) is 4.79 Å². The summed E-state index contributed by atoms with van der Waals surface area (Å²) in [6.45, 7) is 8.77. The number of methoxy groups -OCH3 is 1. The molecule has 1 spiro atoms. The number of carbonyl (C=O) groups is 1.